The summed E-state index contributed by atoms with van der Waals surface area (Å²) in [5.74, 6) is 2.39. The van der Waals surface area contributed by atoms with Gasteiger partial charge in [0.1, 0.15) is 5.01 Å². The summed E-state index contributed by atoms with van der Waals surface area (Å²) in [6.07, 6.45) is 1.15. The minimum atomic E-state index is 0.765. The van der Waals surface area contributed by atoms with Crippen molar-refractivity contribution in [1.29, 1.82) is 0 Å². The molecule has 0 spiro atoms. The molecule has 0 radical (unpaired) electrons. The number of thiazole rings is 1. The molecule has 0 saturated heterocycles. The van der Waals surface area contributed by atoms with Gasteiger partial charge in [0.2, 0.25) is 0 Å². The van der Waals surface area contributed by atoms with E-state index >= 15 is 0 Å². The van der Waals surface area contributed by atoms with Crippen LogP contribution >= 0.6 is 23.1 Å². The molecule has 15 heavy (non-hydrogen) atoms. The minimum absolute atomic E-state index is 0.765. The van der Waals surface area contributed by atoms with E-state index in [0.29, 0.717) is 0 Å². The number of ether oxygens (including phenoxy) is 1. The molecule has 5 heteroatoms. The van der Waals surface area contributed by atoms with Gasteiger partial charge in [0.25, 0.3) is 0 Å². The lowest BCUT2D eigenvalue weighted by molar-refractivity contribution is 0.199. The van der Waals surface area contributed by atoms with Gasteiger partial charge >= 0.3 is 0 Å². The number of hydrogen-bond donors (Lipinski definition) is 1. The normalized spacial score (nSPS) is 15.3. The van der Waals surface area contributed by atoms with Gasteiger partial charge in [-0.25, -0.2) is 4.98 Å². The fourth-order valence-electron chi connectivity index (χ4n) is 1.52. The Morgan fingerprint density at radius 2 is 2.47 bits per heavy atom. The molecule has 0 unspecified atom stereocenters. The fourth-order valence-corrected chi connectivity index (χ4v) is 3.72. The number of aryl methyl sites for hydroxylation is 1. The Labute approximate surface area is 98.6 Å². The molecule has 0 saturated carbocycles. The van der Waals surface area contributed by atoms with E-state index in [1.807, 2.05) is 23.1 Å². The average molecular weight is 244 g/mol. The topological polar surface area (TPSA) is 34.1 Å². The van der Waals surface area contributed by atoms with E-state index in [0.717, 1.165) is 31.9 Å². The van der Waals surface area contributed by atoms with Crippen molar-refractivity contribution in [3.8, 4) is 0 Å². The first kappa shape index (κ1) is 11.4. The monoisotopic (exact) mass is 244 g/mol. The Bertz CT molecular complexity index is 291. The van der Waals surface area contributed by atoms with Crippen molar-refractivity contribution < 1.29 is 4.74 Å². The van der Waals surface area contributed by atoms with Gasteiger partial charge in [-0.15, -0.1) is 11.3 Å². The molecule has 0 atom stereocenters. The summed E-state index contributed by atoms with van der Waals surface area (Å²) in [4.78, 5) is 6.13. The SMILES string of the molecule is COCCNCc1nc2c(s1)CSCC2. The highest BCUT2D eigenvalue weighted by atomic mass is 32.2. The van der Waals surface area contributed by atoms with E-state index in [4.69, 9.17) is 4.74 Å². The predicted octanol–water partition coefficient (Wildman–Crippen LogP) is 1.67. The van der Waals surface area contributed by atoms with E-state index in [2.05, 4.69) is 10.3 Å². The number of methoxy groups -OCH3 is 1. The molecule has 0 fully saturated rings. The lowest BCUT2D eigenvalue weighted by Crippen LogP contribution is -2.18. The summed E-state index contributed by atoms with van der Waals surface area (Å²) in [5, 5.41) is 4.55. The van der Waals surface area contributed by atoms with Crippen LogP contribution in [-0.2, 0) is 23.5 Å². The molecule has 84 valence electrons. The van der Waals surface area contributed by atoms with E-state index in [-0.39, 0.29) is 0 Å². The third-order valence-electron chi connectivity index (χ3n) is 2.30. The van der Waals surface area contributed by atoms with Gasteiger partial charge in [0.05, 0.1) is 12.3 Å². The summed E-state index contributed by atoms with van der Waals surface area (Å²) in [5.41, 5.74) is 1.34. The number of nitrogens with zero attached hydrogens (tertiary/aromatic N) is 1. The standard InChI is InChI=1S/C10H16N2OS2/c1-13-4-3-11-6-10-12-8-2-5-14-7-9(8)15-10/h11H,2-7H2,1H3. The van der Waals surface area contributed by atoms with Crippen LogP contribution in [0.3, 0.4) is 0 Å². The molecule has 2 rings (SSSR count). The quantitative estimate of drug-likeness (QED) is 0.799. The molecular weight excluding hydrogens is 228 g/mol. The third kappa shape index (κ3) is 3.17. The Morgan fingerprint density at radius 3 is 3.27 bits per heavy atom. The van der Waals surface area contributed by atoms with Gasteiger partial charge in [-0.1, -0.05) is 0 Å². The highest BCUT2D eigenvalue weighted by molar-refractivity contribution is 7.98. The van der Waals surface area contributed by atoms with E-state index in [1.165, 1.54) is 21.3 Å². The molecule has 1 N–H and O–H groups in total. The van der Waals surface area contributed by atoms with Crippen LogP contribution < -0.4 is 5.32 Å². The number of hydrogen-bond acceptors (Lipinski definition) is 5. The molecule has 0 amide bonds. The number of aromatic nitrogens is 1. The van der Waals surface area contributed by atoms with Crippen LogP contribution in [0.5, 0.6) is 0 Å². The molecule has 1 aromatic rings. The predicted molar refractivity (Wildman–Crippen MR) is 65.6 cm³/mol. The number of rotatable bonds is 5. The van der Waals surface area contributed by atoms with Crippen molar-refractivity contribution in [3.63, 3.8) is 0 Å². The molecule has 0 bridgehead atoms. The molecule has 2 heterocycles. The zero-order valence-corrected chi connectivity index (χ0v) is 10.5. The number of thioether (sulfide) groups is 1. The zero-order valence-electron chi connectivity index (χ0n) is 8.91. The van der Waals surface area contributed by atoms with Crippen LogP contribution in [0.1, 0.15) is 15.6 Å². The van der Waals surface area contributed by atoms with Crippen molar-refractivity contribution in [2.45, 2.75) is 18.7 Å². The summed E-state index contributed by atoms with van der Waals surface area (Å²) >= 11 is 3.87. The van der Waals surface area contributed by atoms with Gasteiger partial charge in [-0.05, 0) is 12.2 Å². The van der Waals surface area contributed by atoms with Crippen molar-refractivity contribution in [2.24, 2.45) is 0 Å². The molecule has 1 aliphatic rings. The maximum absolute atomic E-state index is 4.98. The van der Waals surface area contributed by atoms with Gasteiger partial charge in [-0.2, -0.15) is 11.8 Å². The van der Waals surface area contributed by atoms with E-state index in [1.54, 1.807) is 7.11 Å². The van der Waals surface area contributed by atoms with Crippen LogP contribution in [0.4, 0.5) is 0 Å². The lowest BCUT2D eigenvalue weighted by Gasteiger charge is -2.06. The maximum atomic E-state index is 4.98. The Balaban J connectivity index is 1.84. The minimum Gasteiger partial charge on any atom is -0.383 e. The Hall–Kier alpha value is -0.100. The summed E-state index contributed by atoms with van der Waals surface area (Å²) in [6, 6.07) is 0. The Morgan fingerprint density at radius 1 is 1.53 bits per heavy atom. The first-order valence-corrected chi connectivity index (χ1v) is 7.12. The molecular formula is C10H16N2OS2. The van der Waals surface area contributed by atoms with Crippen LogP contribution in [0, 0.1) is 0 Å². The van der Waals surface area contributed by atoms with Gasteiger partial charge in [-0.3, -0.25) is 0 Å². The molecule has 3 nitrogen and oxygen atoms in total. The van der Waals surface area contributed by atoms with Gasteiger partial charge < -0.3 is 10.1 Å². The summed E-state index contributed by atoms with van der Waals surface area (Å²) in [7, 11) is 1.72. The average Bonchev–Trinajstić information content (AvgIpc) is 2.67. The second-order valence-electron chi connectivity index (χ2n) is 3.45. The second kappa shape index (κ2) is 5.84. The van der Waals surface area contributed by atoms with Gasteiger partial charge in [0.15, 0.2) is 0 Å². The third-order valence-corrected chi connectivity index (χ3v) is 4.56. The van der Waals surface area contributed by atoms with Crippen LogP contribution in [-0.4, -0.2) is 31.0 Å². The lowest BCUT2D eigenvalue weighted by atomic mass is 10.3. The summed E-state index contributed by atoms with van der Waals surface area (Å²) in [6.45, 7) is 2.54. The van der Waals surface area contributed by atoms with E-state index < -0.39 is 0 Å². The molecule has 1 aromatic heterocycles. The molecule has 1 aliphatic heterocycles. The fraction of sp³-hybridized carbons (Fsp3) is 0.700. The zero-order chi connectivity index (χ0) is 10.5. The Kier molecular flexibility index (Phi) is 4.43. The van der Waals surface area contributed by atoms with Crippen molar-refractivity contribution in [3.05, 3.63) is 15.6 Å². The van der Waals surface area contributed by atoms with E-state index in [9.17, 15) is 0 Å². The first-order chi connectivity index (χ1) is 7.40. The smallest absolute Gasteiger partial charge is 0.107 e. The summed E-state index contributed by atoms with van der Waals surface area (Å²) < 4.78 is 4.98. The van der Waals surface area contributed by atoms with Crippen molar-refractivity contribution in [2.75, 3.05) is 26.0 Å². The van der Waals surface area contributed by atoms with Crippen LogP contribution in [0.15, 0.2) is 0 Å². The highest BCUT2D eigenvalue weighted by Gasteiger charge is 2.14. The maximum Gasteiger partial charge on any atom is 0.107 e. The second-order valence-corrected chi connectivity index (χ2v) is 5.72. The number of fused-ring (bicyclic) bond motifs is 1. The molecule has 0 aromatic carbocycles. The first-order valence-electron chi connectivity index (χ1n) is 5.15. The highest BCUT2D eigenvalue weighted by Crippen LogP contribution is 2.29. The largest absolute Gasteiger partial charge is 0.383 e. The van der Waals surface area contributed by atoms with Crippen LogP contribution in [0.25, 0.3) is 0 Å². The van der Waals surface area contributed by atoms with Gasteiger partial charge in [0, 0.05) is 30.8 Å². The molecule has 0 aliphatic carbocycles. The van der Waals surface area contributed by atoms with Crippen LogP contribution in [0.2, 0.25) is 0 Å². The van der Waals surface area contributed by atoms with Crippen molar-refractivity contribution in [1.82, 2.24) is 10.3 Å². The van der Waals surface area contributed by atoms with Crippen molar-refractivity contribution >= 4 is 23.1 Å². The number of nitrogens with one attached hydrogen (secondary N) is 1.